The Morgan fingerprint density at radius 3 is 1.15 bits per heavy atom. The molecule has 0 saturated carbocycles. The zero-order chi connectivity index (χ0) is 51.7. The number of unbranched alkanes of at least 4 members (excludes halogenated alkanes) is 21. The Morgan fingerprint density at radius 2 is 0.775 bits per heavy atom. The van der Waals surface area contributed by atoms with E-state index in [9.17, 15) is 19.0 Å². The third kappa shape index (κ3) is 55.8. The van der Waals surface area contributed by atoms with Gasteiger partial charge in [0.2, 0.25) is 0 Å². The second-order valence-electron chi connectivity index (χ2n) is 18.4. The molecule has 406 valence electrons. The minimum atomic E-state index is -4.39. The number of carbonyl (C=O) groups is 2. The quantitative estimate of drug-likeness (QED) is 0.0264. The molecule has 0 aliphatic heterocycles. The van der Waals surface area contributed by atoms with E-state index in [0.29, 0.717) is 12.8 Å². The van der Waals surface area contributed by atoms with Gasteiger partial charge in [-0.25, -0.2) is 4.57 Å². The van der Waals surface area contributed by atoms with Crippen LogP contribution in [0.5, 0.6) is 0 Å². The summed E-state index contributed by atoms with van der Waals surface area (Å²) in [4.78, 5) is 35.1. The number of phosphoric acid groups is 1. The first-order valence-corrected chi connectivity index (χ1v) is 29.9. The molecule has 0 bridgehead atoms. The zero-order valence-corrected chi connectivity index (χ0v) is 46.1. The van der Waals surface area contributed by atoms with Gasteiger partial charge < -0.3 is 20.1 Å². The molecule has 71 heavy (non-hydrogen) atoms. The molecule has 0 aromatic heterocycles. The topological polar surface area (TPSA) is 134 Å². The third-order valence-electron chi connectivity index (χ3n) is 11.6. The van der Waals surface area contributed by atoms with Crippen molar-refractivity contribution in [2.75, 3.05) is 26.4 Å². The van der Waals surface area contributed by atoms with Gasteiger partial charge in [-0.3, -0.25) is 18.6 Å². The summed E-state index contributed by atoms with van der Waals surface area (Å²) in [6, 6.07) is 0. The number of rotatable bonds is 52. The van der Waals surface area contributed by atoms with Gasteiger partial charge in [0, 0.05) is 19.4 Å². The van der Waals surface area contributed by atoms with Crippen LogP contribution in [0.2, 0.25) is 0 Å². The van der Waals surface area contributed by atoms with Crippen LogP contribution in [0, 0.1) is 0 Å². The molecule has 0 heterocycles. The number of nitrogens with two attached hydrogens (primary N) is 1. The highest BCUT2D eigenvalue weighted by Crippen LogP contribution is 2.43. The number of phosphoric ester groups is 1. The van der Waals surface area contributed by atoms with Crippen LogP contribution in [-0.2, 0) is 32.7 Å². The molecule has 2 unspecified atom stereocenters. The predicted molar refractivity (Wildman–Crippen MR) is 302 cm³/mol. The highest BCUT2D eigenvalue weighted by molar-refractivity contribution is 7.47. The molecule has 2 atom stereocenters. The summed E-state index contributed by atoms with van der Waals surface area (Å²) in [5.74, 6) is -0.848. The Labute approximate surface area is 435 Å². The Kier molecular flexibility index (Phi) is 53.3. The van der Waals surface area contributed by atoms with E-state index in [1.165, 1.54) is 89.9 Å². The smallest absolute Gasteiger partial charge is 0.462 e. The second kappa shape index (κ2) is 56.0. The lowest BCUT2D eigenvalue weighted by molar-refractivity contribution is -0.161. The summed E-state index contributed by atoms with van der Waals surface area (Å²) >= 11 is 0. The van der Waals surface area contributed by atoms with Crippen molar-refractivity contribution in [2.45, 2.75) is 238 Å². The Balaban J connectivity index is 3.96. The van der Waals surface area contributed by atoms with Gasteiger partial charge in [0.1, 0.15) is 6.61 Å². The van der Waals surface area contributed by atoms with Crippen LogP contribution in [0.15, 0.2) is 109 Å². The summed E-state index contributed by atoms with van der Waals surface area (Å²) < 4.78 is 33.0. The van der Waals surface area contributed by atoms with Gasteiger partial charge in [0.15, 0.2) is 6.10 Å². The highest BCUT2D eigenvalue weighted by Gasteiger charge is 2.26. The van der Waals surface area contributed by atoms with Gasteiger partial charge in [0.25, 0.3) is 0 Å². The minimum absolute atomic E-state index is 0.0470. The van der Waals surface area contributed by atoms with Crippen molar-refractivity contribution in [3.63, 3.8) is 0 Å². The van der Waals surface area contributed by atoms with Crippen LogP contribution in [0.3, 0.4) is 0 Å². The van der Waals surface area contributed by atoms with Gasteiger partial charge in [-0.2, -0.15) is 0 Å². The van der Waals surface area contributed by atoms with E-state index in [-0.39, 0.29) is 32.6 Å². The normalized spacial score (nSPS) is 13.9. The summed E-state index contributed by atoms with van der Waals surface area (Å²) in [6.45, 7) is 3.58. The SMILES string of the molecule is CC/C=C\C/C=C\C/C=C\C/C=C\C/C=C\C/C=C\C/C=C\CCCCCCCCCCCCCCCC(=O)OC(COC(=O)CCCCCCC/C=C\C/C=C\CCCCC)COP(=O)(O)OCCN. The van der Waals surface area contributed by atoms with Crippen LogP contribution in [0.4, 0.5) is 0 Å². The van der Waals surface area contributed by atoms with E-state index in [0.717, 1.165) is 103 Å². The monoisotopic (exact) mass is 1010 g/mol. The maximum atomic E-state index is 12.7. The van der Waals surface area contributed by atoms with Crippen LogP contribution in [0.1, 0.15) is 232 Å². The van der Waals surface area contributed by atoms with E-state index in [1.54, 1.807) is 0 Å². The van der Waals surface area contributed by atoms with Crippen molar-refractivity contribution in [1.29, 1.82) is 0 Å². The maximum absolute atomic E-state index is 12.7. The van der Waals surface area contributed by atoms with Crippen LogP contribution in [0.25, 0.3) is 0 Å². The molecule has 0 aromatic rings. The molecule has 0 aliphatic rings. The van der Waals surface area contributed by atoms with E-state index in [4.69, 9.17) is 24.3 Å². The van der Waals surface area contributed by atoms with Crippen LogP contribution < -0.4 is 5.73 Å². The Hall–Kier alpha value is -3.33. The summed E-state index contributed by atoms with van der Waals surface area (Å²) in [6.07, 6.45) is 75.7. The van der Waals surface area contributed by atoms with Crippen molar-refractivity contribution in [3.05, 3.63) is 109 Å². The first-order valence-electron chi connectivity index (χ1n) is 28.4. The lowest BCUT2D eigenvalue weighted by Gasteiger charge is -2.19. The molecule has 0 fully saturated rings. The number of carbonyl (C=O) groups excluding carboxylic acids is 2. The molecule has 10 heteroatoms. The van der Waals surface area contributed by atoms with Gasteiger partial charge in [0.05, 0.1) is 13.2 Å². The Morgan fingerprint density at radius 1 is 0.437 bits per heavy atom. The largest absolute Gasteiger partial charge is 0.472 e. The van der Waals surface area contributed by atoms with Crippen molar-refractivity contribution in [3.8, 4) is 0 Å². The lowest BCUT2D eigenvalue weighted by Crippen LogP contribution is -2.29. The summed E-state index contributed by atoms with van der Waals surface area (Å²) in [5, 5.41) is 0. The molecule has 0 aliphatic carbocycles. The molecular formula is C61H104NO8P. The lowest BCUT2D eigenvalue weighted by atomic mass is 10.0. The molecule has 0 amide bonds. The summed E-state index contributed by atoms with van der Waals surface area (Å²) in [5.41, 5.74) is 5.37. The molecule has 0 aromatic carbocycles. The fourth-order valence-electron chi connectivity index (χ4n) is 7.47. The standard InChI is InChI=1S/C61H104NO8P/c1-3-5-7-9-11-13-15-17-19-20-21-22-23-24-25-26-27-28-29-30-31-32-33-34-35-36-37-38-40-42-44-46-48-50-52-54-61(64)70-59(58-69-71(65,66)68-56-55-62)57-67-60(63)53-51-49-47-45-43-41-39-18-16-14-12-10-8-6-4-2/h5,7,11-14,17-19,21-22,24-25,27-28,30-31,39,59H,3-4,6,8-10,15-16,20,23,26,29,32-38,40-58,62H2,1-2H3,(H,65,66)/b7-5-,13-11-,14-12-,19-17-,22-21-,25-24-,28-27-,31-30-,39-18-. The first kappa shape index (κ1) is 67.7. The fourth-order valence-corrected chi connectivity index (χ4v) is 8.23. The molecule has 0 spiro atoms. The maximum Gasteiger partial charge on any atom is 0.472 e. The number of allylic oxidation sites excluding steroid dienone is 18. The molecule has 9 nitrogen and oxygen atoms in total. The molecular weight excluding hydrogens is 906 g/mol. The molecule has 0 saturated heterocycles. The second-order valence-corrected chi connectivity index (χ2v) is 19.9. The van der Waals surface area contributed by atoms with Crippen molar-refractivity contribution in [1.82, 2.24) is 0 Å². The Bertz CT molecular complexity index is 1530. The number of hydrogen-bond donors (Lipinski definition) is 2. The van der Waals surface area contributed by atoms with E-state index >= 15 is 0 Å². The average Bonchev–Trinajstić information content (AvgIpc) is 3.36. The van der Waals surface area contributed by atoms with Gasteiger partial charge in [-0.15, -0.1) is 0 Å². The third-order valence-corrected chi connectivity index (χ3v) is 12.6. The number of hydrogen-bond acceptors (Lipinski definition) is 8. The van der Waals surface area contributed by atoms with Crippen molar-refractivity contribution in [2.24, 2.45) is 5.73 Å². The van der Waals surface area contributed by atoms with Crippen LogP contribution >= 0.6 is 7.82 Å². The minimum Gasteiger partial charge on any atom is -0.462 e. The molecule has 0 radical (unpaired) electrons. The summed E-state index contributed by atoms with van der Waals surface area (Å²) in [7, 11) is -4.39. The van der Waals surface area contributed by atoms with Crippen molar-refractivity contribution >= 4 is 19.8 Å². The predicted octanol–water partition coefficient (Wildman–Crippen LogP) is 17.8. The fraction of sp³-hybridized carbons (Fsp3) is 0.672. The van der Waals surface area contributed by atoms with E-state index < -0.39 is 32.5 Å². The van der Waals surface area contributed by atoms with E-state index in [2.05, 4.69) is 123 Å². The van der Waals surface area contributed by atoms with E-state index in [1.807, 2.05) is 0 Å². The first-order chi connectivity index (χ1) is 34.8. The molecule has 3 N–H and O–H groups in total. The van der Waals surface area contributed by atoms with Gasteiger partial charge in [-0.1, -0.05) is 226 Å². The zero-order valence-electron chi connectivity index (χ0n) is 45.2. The number of ether oxygens (including phenoxy) is 2. The highest BCUT2D eigenvalue weighted by atomic mass is 31.2. The van der Waals surface area contributed by atoms with Gasteiger partial charge >= 0.3 is 19.8 Å². The number of esters is 2. The average molecular weight is 1010 g/mol. The van der Waals surface area contributed by atoms with Gasteiger partial charge in [-0.05, 0) is 103 Å². The molecule has 0 rings (SSSR count). The van der Waals surface area contributed by atoms with Crippen LogP contribution in [-0.4, -0.2) is 49.3 Å². The van der Waals surface area contributed by atoms with Crippen molar-refractivity contribution < 1.29 is 37.6 Å².